The van der Waals surface area contributed by atoms with Gasteiger partial charge in [0.1, 0.15) is 11.4 Å². The zero-order valence-corrected chi connectivity index (χ0v) is 15.2. The first kappa shape index (κ1) is 18.9. The number of benzene rings is 1. The number of aryl methyl sites for hydroxylation is 1. The van der Waals surface area contributed by atoms with Gasteiger partial charge in [-0.1, -0.05) is 6.07 Å². The first-order valence-corrected chi connectivity index (χ1v) is 8.73. The summed E-state index contributed by atoms with van der Waals surface area (Å²) < 4.78 is 18.7. The predicted octanol–water partition coefficient (Wildman–Crippen LogP) is 4.81. The lowest BCUT2D eigenvalue weighted by molar-refractivity contribution is -0.116. The van der Waals surface area contributed by atoms with E-state index >= 15 is 0 Å². The third-order valence-corrected chi connectivity index (χ3v) is 4.01. The molecule has 0 aliphatic rings. The van der Waals surface area contributed by atoms with E-state index in [9.17, 15) is 14.0 Å². The molecule has 1 aromatic carbocycles. The molecule has 0 radical (unpaired) electrons. The minimum Gasteiger partial charge on any atom is -0.444 e. The fourth-order valence-electron chi connectivity index (χ4n) is 2.05. The van der Waals surface area contributed by atoms with E-state index in [0.717, 1.165) is 10.9 Å². The number of carbonyl (C=O) groups is 2. The molecule has 0 aliphatic carbocycles. The summed E-state index contributed by atoms with van der Waals surface area (Å²) in [6.45, 7) is 5.22. The molecule has 0 atom stereocenters. The standard InChI is InChI=1S/C18H21FN2O3S/c1-18(2,3)24-17(23)21-14-8-6-12(19)11-15(14)20-16(22)9-7-13-5-4-10-25-13/h4-6,8,10-11H,7,9H2,1-3H3,(H,20,22)(H,21,23). The van der Waals surface area contributed by atoms with E-state index in [1.807, 2.05) is 17.5 Å². The lowest BCUT2D eigenvalue weighted by atomic mass is 10.2. The van der Waals surface area contributed by atoms with Crippen LogP contribution in [-0.2, 0) is 16.0 Å². The smallest absolute Gasteiger partial charge is 0.412 e. The minimum absolute atomic E-state index is 0.196. The summed E-state index contributed by atoms with van der Waals surface area (Å²) in [4.78, 5) is 25.1. The Morgan fingerprint density at radius 3 is 2.56 bits per heavy atom. The molecule has 2 amide bonds. The SMILES string of the molecule is CC(C)(C)OC(=O)Nc1ccc(F)cc1NC(=O)CCc1cccs1. The van der Waals surface area contributed by atoms with Crippen molar-refractivity contribution < 1.29 is 18.7 Å². The summed E-state index contributed by atoms with van der Waals surface area (Å²) in [5.41, 5.74) is -0.184. The van der Waals surface area contributed by atoms with Crippen LogP contribution < -0.4 is 10.6 Å². The van der Waals surface area contributed by atoms with Gasteiger partial charge in [0.15, 0.2) is 0 Å². The summed E-state index contributed by atoms with van der Waals surface area (Å²) >= 11 is 1.58. The van der Waals surface area contributed by atoms with Crippen LogP contribution in [0.2, 0.25) is 0 Å². The van der Waals surface area contributed by atoms with Crippen LogP contribution in [0.4, 0.5) is 20.6 Å². The molecule has 0 spiro atoms. The second-order valence-electron chi connectivity index (χ2n) is 6.44. The molecule has 7 heteroatoms. The lowest BCUT2D eigenvalue weighted by Gasteiger charge is -2.20. The molecule has 25 heavy (non-hydrogen) atoms. The maximum atomic E-state index is 13.5. The Bertz CT molecular complexity index is 739. The van der Waals surface area contributed by atoms with E-state index in [1.54, 1.807) is 32.1 Å². The van der Waals surface area contributed by atoms with E-state index < -0.39 is 17.5 Å². The zero-order chi connectivity index (χ0) is 18.4. The van der Waals surface area contributed by atoms with Gasteiger partial charge < -0.3 is 10.1 Å². The third-order valence-electron chi connectivity index (χ3n) is 3.07. The van der Waals surface area contributed by atoms with E-state index in [1.165, 1.54) is 12.1 Å². The molecule has 5 nitrogen and oxygen atoms in total. The summed E-state index contributed by atoms with van der Waals surface area (Å²) in [5, 5.41) is 7.11. The fraction of sp³-hybridized carbons (Fsp3) is 0.333. The van der Waals surface area contributed by atoms with Gasteiger partial charge in [-0.05, 0) is 56.8 Å². The number of rotatable bonds is 5. The summed E-state index contributed by atoms with van der Waals surface area (Å²) in [7, 11) is 0. The van der Waals surface area contributed by atoms with Crippen molar-refractivity contribution in [3.8, 4) is 0 Å². The molecule has 1 heterocycles. The van der Waals surface area contributed by atoms with Gasteiger partial charge in [0.05, 0.1) is 11.4 Å². The predicted molar refractivity (Wildman–Crippen MR) is 97.5 cm³/mol. The Hall–Kier alpha value is -2.41. The number of ether oxygens (including phenoxy) is 1. The molecule has 0 bridgehead atoms. The number of anilines is 2. The summed E-state index contributed by atoms with van der Waals surface area (Å²) in [5.74, 6) is -0.769. The van der Waals surface area contributed by atoms with Gasteiger partial charge in [-0.25, -0.2) is 9.18 Å². The molecule has 1 aromatic heterocycles. The van der Waals surface area contributed by atoms with E-state index in [-0.39, 0.29) is 23.7 Å². The Balaban J connectivity index is 2.02. The summed E-state index contributed by atoms with van der Waals surface area (Å²) in [6, 6.07) is 7.63. The van der Waals surface area contributed by atoms with Crippen LogP contribution in [-0.4, -0.2) is 17.6 Å². The molecule has 2 N–H and O–H groups in total. The molecule has 0 saturated heterocycles. The quantitative estimate of drug-likeness (QED) is 0.800. The Morgan fingerprint density at radius 2 is 1.92 bits per heavy atom. The van der Waals surface area contributed by atoms with Crippen LogP contribution >= 0.6 is 11.3 Å². The van der Waals surface area contributed by atoms with Gasteiger partial charge in [0, 0.05) is 11.3 Å². The van der Waals surface area contributed by atoms with Crippen LogP contribution in [0, 0.1) is 5.82 Å². The van der Waals surface area contributed by atoms with Crippen molar-refractivity contribution in [1.82, 2.24) is 0 Å². The molecule has 2 rings (SSSR count). The lowest BCUT2D eigenvalue weighted by Crippen LogP contribution is -2.27. The molecule has 0 saturated carbocycles. The first-order valence-electron chi connectivity index (χ1n) is 7.85. The first-order chi connectivity index (χ1) is 11.7. The Morgan fingerprint density at radius 1 is 1.16 bits per heavy atom. The zero-order valence-electron chi connectivity index (χ0n) is 14.4. The maximum Gasteiger partial charge on any atom is 0.412 e. The molecular formula is C18H21FN2O3S. The number of amides is 2. The number of hydrogen-bond donors (Lipinski definition) is 2. The van der Waals surface area contributed by atoms with Crippen molar-refractivity contribution in [3.05, 3.63) is 46.4 Å². The second kappa shape index (κ2) is 8.11. The highest BCUT2D eigenvalue weighted by Crippen LogP contribution is 2.24. The van der Waals surface area contributed by atoms with E-state index in [0.29, 0.717) is 6.42 Å². The van der Waals surface area contributed by atoms with Gasteiger partial charge in [0.25, 0.3) is 0 Å². The summed E-state index contributed by atoms with van der Waals surface area (Å²) in [6.07, 6.45) is 0.199. The average molecular weight is 364 g/mol. The van der Waals surface area contributed by atoms with Gasteiger partial charge in [-0.15, -0.1) is 11.3 Å². The highest BCUT2D eigenvalue weighted by molar-refractivity contribution is 7.09. The van der Waals surface area contributed by atoms with E-state index in [4.69, 9.17) is 4.74 Å². The second-order valence-corrected chi connectivity index (χ2v) is 7.48. The van der Waals surface area contributed by atoms with Crippen LogP contribution in [0.5, 0.6) is 0 Å². The maximum absolute atomic E-state index is 13.5. The van der Waals surface area contributed by atoms with Crippen molar-refractivity contribution in [2.24, 2.45) is 0 Å². The number of thiophene rings is 1. The van der Waals surface area contributed by atoms with Crippen LogP contribution in [0.15, 0.2) is 35.7 Å². The van der Waals surface area contributed by atoms with Gasteiger partial charge in [0.2, 0.25) is 5.91 Å². The monoisotopic (exact) mass is 364 g/mol. The fourth-order valence-corrected chi connectivity index (χ4v) is 2.76. The molecule has 0 aliphatic heterocycles. The van der Waals surface area contributed by atoms with Crippen molar-refractivity contribution in [2.45, 2.75) is 39.2 Å². The average Bonchev–Trinajstić information content (AvgIpc) is 2.99. The number of hydrogen-bond acceptors (Lipinski definition) is 4. The number of nitrogens with one attached hydrogen (secondary N) is 2. The van der Waals surface area contributed by atoms with Crippen molar-refractivity contribution in [3.63, 3.8) is 0 Å². The third kappa shape index (κ3) is 6.54. The van der Waals surface area contributed by atoms with Crippen LogP contribution in [0.25, 0.3) is 0 Å². The molecular weight excluding hydrogens is 343 g/mol. The van der Waals surface area contributed by atoms with Crippen molar-refractivity contribution >= 4 is 34.7 Å². The number of halogens is 1. The molecule has 2 aromatic rings. The number of carbonyl (C=O) groups excluding carboxylic acids is 2. The minimum atomic E-state index is -0.673. The van der Waals surface area contributed by atoms with Gasteiger partial charge in [-0.3, -0.25) is 10.1 Å². The largest absolute Gasteiger partial charge is 0.444 e. The van der Waals surface area contributed by atoms with Crippen molar-refractivity contribution in [2.75, 3.05) is 10.6 Å². The molecule has 0 fully saturated rings. The van der Waals surface area contributed by atoms with Gasteiger partial charge >= 0.3 is 6.09 Å². The Kier molecular flexibility index (Phi) is 6.14. The van der Waals surface area contributed by atoms with E-state index in [2.05, 4.69) is 10.6 Å². The van der Waals surface area contributed by atoms with Crippen molar-refractivity contribution in [1.29, 1.82) is 0 Å². The van der Waals surface area contributed by atoms with Crippen LogP contribution in [0.1, 0.15) is 32.1 Å². The molecule has 0 unspecified atom stereocenters. The Labute approximate surface area is 150 Å². The highest BCUT2D eigenvalue weighted by Gasteiger charge is 2.18. The van der Waals surface area contributed by atoms with Crippen LogP contribution in [0.3, 0.4) is 0 Å². The normalized spacial score (nSPS) is 11.0. The topological polar surface area (TPSA) is 67.4 Å². The van der Waals surface area contributed by atoms with Gasteiger partial charge in [-0.2, -0.15) is 0 Å². The molecule has 134 valence electrons. The highest BCUT2D eigenvalue weighted by atomic mass is 32.1.